The molecule has 1 aromatic carbocycles. The second-order valence-electron chi connectivity index (χ2n) is 4.42. The van der Waals surface area contributed by atoms with Crippen LogP contribution in [0, 0.1) is 6.92 Å². The van der Waals surface area contributed by atoms with Gasteiger partial charge in [-0.3, -0.25) is 25.5 Å². The molecule has 0 saturated carbocycles. The Morgan fingerprint density at radius 1 is 1.14 bits per heavy atom. The highest BCUT2D eigenvalue weighted by atomic mass is 16.3. The molecule has 106 valence electrons. The number of benzene rings is 1. The lowest BCUT2D eigenvalue weighted by atomic mass is 10.2. The van der Waals surface area contributed by atoms with E-state index in [0.29, 0.717) is 16.7 Å². The summed E-state index contributed by atoms with van der Waals surface area (Å²) in [4.78, 5) is 23.9. The molecule has 2 heterocycles. The number of hydrogen-bond donors (Lipinski definition) is 3. The predicted octanol–water partition coefficient (Wildman–Crippen LogP) is 1.54. The summed E-state index contributed by atoms with van der Waals surface area (Å²) in [5.41, 5.74) is 5.99. The first-order valence-electron chi connectivity index (χ1n) is 6.24. The van der Waals surface area contributed by atoms with Gasteiger partial charge in [0.2, 0.25) is 0 Å². The van der Waals surface area contributed by atoms with E-state index >= 15 is 0 Å². The number of para-hydroxylation sites is 1. The summed E-state index contributed by atoms with van der Waals surface area (Å²) in [6.07, 6.45) is 1.41. The normalized spacial score (nSPS) is 10.5. The standard InChI is InChI=1S/C14H12N4O3/c1-8-9(6-7-21-8)13(19)17-18-14(20)12-10-4-2-3-5-11(10)15-16-12/h2-7H,1H3,(H,15,16)(H,17,19)(H,18,20). The molecule has 0 unspecified atom stereocenters. The molecule has 0 atom stereocenters. The second kappa shape index (κ2) is 5.12. The van der Waals surface area contributed by atoms with Gasteiger partial charge in [0.25, 0.3) is 11.8 Å². The molecule has 7 heteroatoms. The Kier molecular flexibility index (Phi) is 3.15. The van der Waals surface area contributed by atoms with E-state index in [-0.39, 0.29) is 5.69 Å². The molecular formula is C14H12N4O3. The van der Waals surface area contributed by atoms with E-state index in [9.17, 15) is 9.59 Å². The first-order valence-corrected chi connectivity index (χ1v) is 6.24. The number of amides is 2. The van der Waals surface area contributed by atoms with Gasteiger partial charge < -0.3 is 4.42 Å². The van der Waals surface area contributed by atoms with Gasteiger partial charge in [-0.15, -0.1) is 0 Å². The molecule has 0 radical (unpaired) electrons. The van der Waals surface area contributed by atoms with Crippen LogP contribution in [0.3, 0.4) is 0 Å². The van der Waals surface area contributed by atoms with E-state index in [4.69, 9.17) is 4.42 Å². The van der Waals surface area contributed by atoms with E-state index < -0.39 is 11.8 Å². The third-order valence-corrected chi connectivity index (χ3v) is 3.08. The monoisotopic (exact) mass is 284 g/mol. The van der Waals surface area contributed by atoms with Gasteiger partial charge in [-0.05, 0) is 19.1 Å². The van der Waals surface area contributed by atoms with Crippen LogP contribution in [0.15, 0.2) is 41.0 Å². The van der Waals surface area contributed by atoms with Crippen LogP contribution in [0.5, 0.6) is 0 Å². The van der Waals surface area contributed by atoms with Crippen molar-refractivity contribution in [2.45, 2.75) is 6.92 Å². The summed E-state index contributed by atoms with van der Waals surface area (Å²) >= 11 is 0. The summed E-state index contributed by atoms with van der Waals surface area (Å²) in [6.45, 7) is 1.66. The molecule has 3 N–H and O–H groups in total. The van der Waals surface area contributed by atoms with E-state index in [0.717, 1.165) is 5.52 Å². The van der Waals surface area contributed by atoms with Crippen LogP contribution in [0.4, 0.5) is 0 Å². The molecule has 0 aliphatic rings. The number of nitrogens with one attached hydrogen (secondary N) is 3. The molecule has 7 nitrogen and oxygen atoms in total. The summed E-state index contributed by atoms with van der Waals surface area (Å²) in [6, 6.07) is 8.76. The van der Waals surface area contributed by atoms with Crippen LogP contribution in [0.25, 0.3) is 10.9 Å². The topological polar surface area (TPSA) is 100 Å². The molecule has 3 aromatic rings. The number of aromatic amines is 1. The number of hydrazine groups is 1. The zero-order valence-corrected chi connectivity index (χ0v) is 11.1. The first kappa shape index (κ1) is 12.9. The molecule has 0 aliphatic heterocycles. The minimum Gasteiger partial charge on any atom is -0.469 e. The average molecular weight is 284 g/mol. The van der Waals surface area contributed by atoms with Gasteiger partial charge in [0.05, 0.1) is 17.3 Å². The lowest BCUT2D eigenvalue weighted by molar-refractivity contribution is 0.0844. The molecule has 0 spiro atoms. The quantitative estimate of drug-likeness (QED) is 0.621. The lowest BCUT2D eigenvalue weighted by Crippen LogP contribution is -2.41. The fourth-order valence-corrected chi connectivity index (χ4v) is 2.00. The largest absolute Gasteiger partial charge is 0.469 e. The smallest absolute Gasteiger partial charge is 0.290 e. The van der Waals surface area contributed by atoms with E-state index in [1.54, 1.807) is 13.0 Å². The Morgan fingerprint density at radius 2 is 1.90 bits per heavy atom. The zero-order chi connectivity index (χ0) is 14.8. The van der Waals surface area contributed by atoms with Crippen LogP contribution in [0.1, 0.15) is 26.6 Å². The van der Waals surface area contributed by atoms with Gasteiger partial charge in [0, 0.05) is 5.39 Å². The second-order valence-corrected chi connectivity index (χ2v) is 4.42. The molecule has 2 aromatic heterocycles. The number of furan rings is 1. The van der Waals surface area contributed by atoms with E-state index in [1.807, 2.05) is 18.2 Å². The minimum absolute atomic E-state index is 0.217. The first-order chi connectivity index (χ1) is 10.2. The Morgan fingerprint density at radius 3 is 2.67 bits per heavy atom. The molecular weight excluding hydrogens is 272 g/mol. The number of carbonyl (C=O) groups is 2. The van der Waals surface area contributed by atoms with Gasteiger partial charge in [-0.25, -0.2) is 0 Å². The number of H-pyrrole nitrogens is 1. The molecule has 3 rings (SSSR count). The van der Waals surface area contributed by atoms with Gasteiger partial charge >= 0.3 is 0 Å². The number of aromatic nitrogens is 2. The number of carbonyl (C=O) groups excluding carboxylic acids is 2. The molecule has 0 aliphatic carbocycles. The molecule has 2 amide bonds. The van der Waals surface area contributed by atoms with Crippen molar-refractivity contribution in [2.24, 2.45) is 0 Å². The third kappa shape index (κ3) is 2.36. The van der Waals surface area contributed by atoms with E-state index in [2.05, 4.69) is 21.0 Å². The highest BCUT2D eigenvalue weighted by molar-refractivity contribution is 6.05. The van der Waals surface area contributed by atoms with Crippen molar-refractivity contribution in [3.63, 3.8) is 0 Å². The predicted molar refractivity (Wildman–Crippen MR) is 74.5 cm³/mol. The van der Waals surface area contributed by atoms with E-state index in [1.165, 1.54) is 12.3 Å². The Labute approximate surface area is 119 Å². The molecule has 0 fully saturated rings. The summed E-state index contributed by atoms with van der Waals surface area (Å²) in [7, 11) is 0. The van der Waals surface area contributed by atoms with Crippen molar-refractivity contribution in [3.8, 4) is 0 Å². The van der Waals surface area contributed by atoms with Crippen molar-refractivity contribution < 1.29 is 14.0 Å². The number of rotatable bonds is 2. The zero-order valence-electron chi connectivity index (χ0n) is 11.1. The van der Waals surface area contributed by atoms with Gasteiger partial charge in [0.1, 0.15) is 5.76 Å². The van der Waals surface area contributed by atoms with Crippen LogP contribution in [-0.4, -0.2) is 22.0 Å². The Bertz CT molecular complexity index is 818. The lowest BCUT2D eigenvalue weighted by Gasteiger charge is -2.05. The van der Waals surface area contributed by atoms with Crippen molar-refractivity contribution in [2.75, 3.05) is 0 Å². The number of nitrogens with zero attached hydrogens (tertiary/aromatic N) is 1. The van der Waals surface area contributed by atoms with Crippen molar-refractivity contribution in [3.05, 3.63) is 53.6 Å². The van der Waals surface area contributed by atoms with Crippen molar-refractivity contribution in [1.82, 2.24) is 21.0 Å². The SMILES string of the molecule is Cc1occc1C(=O)NNC(=O)c1n[nH]c2ccccc12. The van der Waals surface area contributed by atoms with Crippen molar-refractivity contribution in [1.29, 1.82) is 0 Å². The summed E-state index contributed by atoms with van der Waals surface area (Å²) < 4.78 is 5.03. The fraction of sp³-hybridized carbons (Fsp3) is 0.0714. The number of hydrogen-bond acceptors (Lipinski definition) is 4. The highest BCUT2D eigenvalue weighted by Gasteiger charge is 2.16. The van der Waals surface area contributed by atoms with Crippen LogP contribution >= 0.6 is 0 Å². The van der Waals surface area contributed by atoms with Crippen LogP contribution in [0.2, 0.25) is 0 Å². The molecule has 0 bridgehead atoms. The maximum absolute atomic E-state index is 12.0. The Hall–Kier alpha value is -3.09. The third-order valence-electron chi connectivity index (χ3n) is 3.08. The minimum atomic E-state index is -0.498. The van der Waals surface area contributed by atoms with Gasteiger partial charge in [0.15, 0.2) is 5.69 Å². The maximum Gasteiger partial charge on any atom is 0.290 e. The van der Waals surface area contributed by atoms with Crippen LogP contribution in [-0.2, 0) is 0 Å². The average Bonchev–Trinajstić information content (AvgIpc) is 3.10. The summed E-state index contributed by atoms with van der Waals surface area (Å²) in [5.74, 6) is -0.469. The number of fused-ring (bicyclic) bond motifs is 1. The molecule has 0 saturated heterocycles. The number of aryl methyl sites for hydroxylation is 1. The Balaban J connectivity index is 1.72. The molecule has 21 heavy (non-hydrogen) atoms. The fourth-order valence-electron chi connectivity index (χ4n) is 2.00. The van der Waals surface area contributed by atoms with Crippen molar-refractivity contribution >= 4 is 22.7 Å². The van der Waals surface area contributed by atoms with Gasteiger partial charge in [-0.1, -0.05) is 18.2 Å². The highest BCUT2D eigenvalue weighted by Crippen LogP contribution is 2.14. The maximum atomic E-state index is 12.0. The van der Waals surface area contributed by atoms with Gasteiger partial charge in [-0.2, -0.15) is 5.10 Å². The summed E-state index contributed by atoms with van der Waals surface area (Å²) in [5, 5.41) is 7.39. The van der Waals surface area contributed by atoms with Crippen LogP contribution < -0.4 is 10.9 Å².